The van der Waals surface area contributed by atoms with Crippen molar-refractivity contribution in [3.8, 4) is 5.75 Å². The number of ketones is 1. The molecule has 0 aliphatic heterocycles. The van der Waals surface area contributed by atoms with Crippen LogP contribution in [-0.4, -0.2) is 10.9 Å². The van der Waals surface area contributed by atoms with Crippen molar-refractivity contribution in [3.63, 3.8) is 0 Å². The topological polar surface area (TPSA) is 97.7 Å². The minimum atomic E-state index is -0.666. The molecule has 0 bridgehead atoms. The van der Waals surface area contributed by atoms with E-state index in [9.17, 15) is 19.5 Å². The van der Waals surface area contributed by atoms with Gasteiger partial charge in [-0.3, -0.25) is 9.59 Å². The summed E-state index contributed by atoms with van der Waals surface area (Å²) in [7, 11) is 0. The molecule has 0 atom stereocenters. The van der Waals surface area contributed by atoms with Gasteiger partial charge >= 0.3 is 5.63 Å². The molecule has 3 rings (SSSR count). The number of rotatable bonds is 4. The molecule has 1 N–H and O–H groups in total. The molecule has 0 saturated carbocycles. The van der Waals surface area contributed by atoms with Gasteiger partial charge < -0.3 is 13.9 Å². The summed E-state index contributed by atoms with van der Waals surface area (Å²) >= 11 is 0. The molecular formula is C18H14O6. The highest BCUT2D eigenvalue weighted by atomic mass is 16.4. The minimum Gasteiger partial charge on any atom is -0.508 e. The van der Waals surface area contributed by atoms with Crippen molar-refractivity contribution in [2.75, 3.05) is 0 Å². The van der Waals surface area contributed by atoms with Crippen LogP contribution in [0.3, 0.4) is 0 Å². The highest BCUT2D eigenvalue weighted by molar-refractivity contribution is 5.82. The average Bonchev–Trinajstić information content (AvgIpc) is 2.45. The molecule has 0 fully saturated rings. The third kappa shape index (κ3) is 3.27. The fourth-order valence-electron chi connectivity index (χ4n) is 2.60. The van der Waals surface area contributed by atoms with Crippen LogP contribution in [0, 0.1) is 0 Å². The number of fused-ring (bicyclic) bond motifs is 1. The standard InChI is InChI=1S/C18H14O6/c1-10(19)5-13-9-15(21)18-11(3-2-4-16(18)23-13)6-14-7-12(20)8-17(22)24-14/h2-4,7-9,20H,5-6H2,1H3. The molecule has 1 aromatic carbocycles. The van der Waals surface area contributed by atoms with Gasteiger partial charge in [0.15, 0.2) is 5.43 Å². The molecule has 0 unspecified atom stereocenters. The fraction of sp³-hybridized carbons (Fsp3) is 0.167. The van der Waals surface area contributed by atoms with Crippen molar-refractivity contribution in [1.29, 1.82) is 0 Å². The highest BCUT2D eigenvalue weighted by Gasteiger charge is 2.12. The van der Waals surface area contributed by atoms with Crippen LogP contribution in [0.2, 0.25) is 0 Å². The number of hydrogen-bond donors (Lipinski definition) is 1. The Labute approximate surface area is 136 Å². The van der Waals surface area contributed by atoms with Crippen LogP contribution in [0.15, 0.2) is 54.8 Å². The van der Waals surface area contributed by atoms with Crippen molar-refractivity contribution < 1.29 is 18.7 Å². The maximum absolute atomic E-state index is 12.4. The lowest BCUT2D eigenvalue weighted by Gasteiger charge is -2.06. The molecular weight excluding hydrogens is 312 g/mol. The van der Waals surface area contributed by atoms with Crippen molar-refractivity contribution in [3.05, 3.63) is 74.1 Å². The van der Waals surface area contributed by atoms with E-state index < -0.39 is 5.63 Å². The molecule has 2 heterocycles. The summed E-state index contributed by atoms with van der Waals surface area (Å²) in [6.45, 7) is 1.42. The predicted molar refractivity (Wildman–Crippen MR) is 86.3 cm³/mol. The minimum absolute atomic E-state index is 0.0524. The lowest BCUT2D eigenvalue weighted by molar-refractivity contribution is -0.116. The van der Waals surface area contributed by atoms with E-state index in [1.165, 1.54) is 19.1 Å². The SMILES string of the molecule is CC(=O)Cc1cc(=O)c2c(Cc3cc(O)cc(=O)o3)cccc2o1. The van der Waals surface area contributed by atoms with Gasteiger partial charge in [-0.1, -0.05) is 12.1 Å². The van der Waals surface area contributed by atoms with Gasteiger partial charge in [-0.25, -0.2) is 4.79 Å². The lowest BCUT2D eigenvalue weighted by Crippen LogP contribution is -2.08. The van der Waals surface area contributed by atoms with Crippen LogP contribution >= 0.6 is 0 Å². The lowest BCUT2D eigenvalue weighted by atomic mass is 10.0. The Hall–Kier alpha value is -3.15. The fourth-order valence-corrected chi connectivity index (χ4v) is 2.60. The van der Waals surface area contributed by atoms with Crippen molar-refractivity contribution in [1.82, 2.24) is 0 Å². The monoisotopic (exact) mass is 326 g/mol. The molecule has 0 aliphatic carbocycles. The number of carbonyl (C=O) groups is 1. The maximum Gasteiger partial charge on any atom is 0.339 e. The zero-order chi connectivity index (χ0) is 17.3. The third-order valence-corrected chi connectivity index (χ3v) is 3.49. The summed E-state index contributed by atoms with van der Waals surface area (Å²) in [5, 5.41) is 9.85. The predicted octanol–water partition coefficient (Wildman–Crippen LogP) is 2.17. The second kappa shape index (κ2) is 6.16. The maximum atomic E-state index is 12.4. The summed E-state index contributed by atoms with van der Waals surface area (Å²) < 4.78 is 10.7. The first-order chi connectivity index (χ1) is 11.4. The molecule has 122 valence electrons. The summed E-state index contributed by atoms with van der Waals surface area (Å²) in [6.07, 6.45) is 0.203. The number of benzene rings is 1. The van der Waals surface area contributed by atoms with Crippen molar-refractivity contribution in [2.45, 2.75) is 19.8 Å². The Bertz CT molecular complexity index is 1040. The van der Waals surface area contributed by atoms with E-state index in [2.05, 4.69) is 0 Å². The van der Waals surface area contributed by atoms with Gasteiger partial charge in [0.05, 0.1) is 17.9 Å². The summed E-state index contributed by atoms with van der Waals surface area (Å²) in [5.41, 5.74) is 0.0229. The zero-order valence-corrected chi connectivity index (χ0v) is 12.9. The summed E-state index contributed by atoms with van der Waals surface area (Å²) in [4.78, 5) is 35.0. The van der Waals surface area contributed by atoms with Crippen molar-refractivity contribution >= 4 is 16.8 Å². The van der Waals surface area contributed by atoms with Crippen LogP contribution in [0.1, 0.15) is 24.0 Å². The van der Waals surface area contributed by atoms with E-state index >= 15 is 0 Å². The molecule has 6 heteroatoms. The highest BCUT2D eigenvalue weighted by Crippen LogP contribution is 2.21. The molecule has 0 saturated heterocycles. The number of hydrogen-bond acceptors (Lipinski definition) is 6. The Balaban J connectivity index is 2.10. The second-order valence-corrected chi connectivity index (χ2v) is 5.52. The van der Waals surface area contributed by atoms with Crippen LogP contribution < -0.4 is 11.1 Å². The molecule has 24 heavy (non-hydrogen) atoms. The van der Waals surface area contributed by atoms with E-state index in [1.54, 1.807) is 18.2 Å². The number of carbonyl (C=O) groups excluding carboxylic acids is 1. The van der Waals surface area contributed by atoms with Gasteiger partial charge in [0.25, 0.3) is 0 Å². The molecule has 0 spiro atoms. The normalized spacial score (nSPS) is 10.9. The van der Waals surface area contributed by atoms with E-state index in [0.717, 1.165) is 6.07 Å². The van der Waals surface area contributed by atoms with Gasteiger partial charge in [-0.15, -0.1) is 0 Å². The molecule has 0 radical (unpaired) electrons. The molecule has 0 aliphatic rings. The van der Waals surface area contributed by atoms with Crippen LogP contribution in [0.25, 0.3) is 11.0 Å². The zero-order valence-electron chi connectivity index (χ0n) is 12.9. The number of aromatic hydroxyl groups is 1. The van der Waals surface area contributed by atoms with Gasteiger partial charge in [0.1, 0.15) is 28.6 Å². The quantitative estimate of drug-likeness (QED) is 0.789. The largest absolute Gasteiger partial charge is 0.508 e. The Morgan fingerprint density at radius 2 is 1.88 bits per heavy atom. The molecule has 0 amide bonds. The summed E-state index contributed by atoms with van der Waals surface area (Å²) in [6, 6.07) is 8.66. The van der Waals surface area contributed by atoms with E-state index in [4.69, 9.17) is 8.83 Å². The molecule has 2 aromatic heterocycles. The first-order valence-electron chi connectivity index (χ1n) is 7.29. The van der Waals surface area contributed by atoms with Crippen LogP contribution in [0.5, 0.6) is 5.75 Å². The van der Waals surface area contributed by atoms with E-state index in [0.29, 0.717) is 22.3 Å². The van der Waals surface area contributed by atoms with E-state index in [-0.39, 0.29) is 35.6 Å². The first kappa shape index (κ1) is 15.7. The Kier molecular flexibility index (Phi) is 4.04. The van der Waals surface area contributed by atoms with Crippen LogP contribution in [-0.2, 0) is 17.6 Å². The average molecular weight is 326 g/mol. The summed E-state index contributed by atoms with van der Waals surface area (Å²) in [5.74, 6) is 0.244. The van der Waals surface area contributed by atoms with E-state index in [1.807, 2.05) is 0 Å². The Morgan fingerprint density at radius 1 is 1.08 bits per heavy atom. The first-order valence-corrected chi connectivity index (χ1v) is 7.29. The smallest absolute Gasteiger partial charge is 0.339 e. The van der Waals surface area contributed by atoms with Gasteiger partial charge in [-0.2, -0.15) is 0 Å². The molecule has 6 nitrogen and oxygen atoms in total. The van der Waals surface area contributed by atoms with Gasteiger partial charge in [0, 0.05) is 18.6 Å². The van der Waals surface area contributed by atoms with Crippen molar-refractivity contribution in [2.24, 2.45) is 0 Å². The molecule has 3 aromatic rings. The van der Waals surface area contributed by atoms with Crippen LogP contribution in [0.4, 0.5) is 0 Å². The third-order valence-electron chi connectivity index (χ3n) is 3.49. The van der Waals surface area contributed by atoms with Gasteiger partial charge in [-0.05, 0) is 18.6 Å². The van der Waals surface area contributed by atoms with Gasteiger partial charge in [0.2, 0.25) is 0 Å². The second-order valence-electron chi connectivity index (χ2n) is 5.52. The number of Topliss-reactive ketones (excluding diaryl/α,β-unsaturated/α-hetero) is 1. The Morgan fingerprint density at radius 3 is 2.58 bits per heavy atom.